The second-order valence-electron chi connectivity index (χ2n) is 8.26. The van der Waals surface area contributed by atoms with E-state index in [1.807, 2.05) is 13.8 Å². The van der Waals surface area contributed by atoms with Crippen molar-refractivity contribution in [2.45, 2.75) is 60.0 Å². The highest BCUT2D eigenvalue weighted by atomic mass is 16.6. The maximum atomic E-state index is 12.7. The number of allylic oxidation sites excluding steroid dienone is 1. The first-order chi connectivity index (χ1) is 13.0. The van der Waals surface area contributed by atoms with Gasteiger partial charge in [-0.1, -0.05) is 6.08 Å². The number of esters is 3. The largest absolute Gasteiger partial charge is 0.468 e. The van der Waals surface area contributed by atoms with Gasteiger partial charge in [-0.15, -0.1) is 5.73 Å². The number of rotatable bonds is 5. The third-order valence-corrected chi connectivity index (χ3v) is 4.65. The first-order valence-corrected chi connectivity index (χ1v) is 9.46. The molecular formula is C22H32O6. The molecule has 0 N–H and O–H groups in total. The average Bonchev–Trinajstić information content (AvgIpc) is 2.86. The van der Waals surface area contributed by atoms with Gasteiger partial charge in [-0.2, -0.15) is 0 Å². The molecule has 0 unspecified atom stereocenters. The van der Waals surface area contributed by atoms with Crippen molar-refractivity contribution in [3.8, 4) is 0 Å². The first kappa shape index (κ1) is 23.7. The molecule has 0 aliphatic heterocycles. The molecule has 0 aromatic carbocycles. The van der Waals surface area contributed by atoms with Crippen molar-refractivity contribution >= 4 is 17.9 Å². The van der Waals surface area contributed by atoms with Crippen molar-refractivity contribution in [2.75, 3.05) is 14.2 Å². The fourth-order valence-electron chi connectivity index (χ4n) is 2.99. The van der Waals surface area contributed by atoms with Gasteiger partial charge in [0.2, 0.25) is 0 Å². The molecule has 0 fully saturated rings. The van der Waals surface area contributed by atoms with Crippen LogP contribution in [0.25, 0.3) is 0 Å². The molecule has 1 aliphatic rings. The van der Waals surface area contributed by atoms with E-state index in [1.54, 1.807) is 32.9 Å². The van der Waals surface area contributed by atoms with Gasteiger partial charge in [-0.05, 0) is 71.6 Å². The van der Waals surface area contributed by atoms with E-state index in [4.69, 9.17) is 14.2 Å². The van der Waals surface area contributed by atoms with Crippen LogP contribution in [0.15, 0.2) is 29.5 Å². The van der Waals surface area contributed by atoms with E-state index < -0.39 is 34.8 Å². The van der Waals surface area contributed by atoms with Gasteiger partial charge >= 0.3 is 17.9 Å². The molecule has 6 heteroatoms. The Labute approximate surface area is 167 Å². The molecule has 28 heavy (non-hydrogen) atoms. The van der Waals surface area contributed by atoms with Gasteiger partial charge in [-0.25, -0.2) is 0 Å². The summed E-state index contributed by atoms with van der Waals surface area (Å²) in [6, 6.07) is 0. The van der Waals surface area contributed by atoms with Crippen LogP contribution in [0.2, 0.25) is 0 Å². The molecule has 0 saturated heterocycles. The quantitative estimate of drug-likeness (QED) is 0.233. The Kier molecular flexibility index (Phi) is 8.25. The average molecular weight is 392 g/mol. The van der Waals surface area contributed by atoms with Crippen LogP contribution in [-0.4, -0.2) is 38.2 Å². The summed E-state index contributed by atoms with van der Waals surface area (Å²) in [6.45, 7) is 9.02. The van der Waals surface area contributed by atoms with Gasteiger partial charge in [0.15, 0.2) is 5.41 Å². The number of ether oxygens (including phenoxy) is 3. The Morgan fingerprint density at radius 1 is 0.964 bits per heavy atom. The Morgan fingerprint density at radius 2 is 1.54 bits per heavy atom. The normalized spacial score (nSPS) is 19.7. The molecule has 1 rings (SSSR count). The number of methoxy groups -OCH3 is 2. The molecule has 1 aliphatic carbocycles. The zero-order valence-electron chi connectivity index (χ0n) is 18.0. The third kappa shape index (κ3) is 5.59. The van der Waals surface area contributed by atoms with E-state index in [0.717, 1.165) is 5.57 Å². The smallest absolute Gasteiger partial charge is 0.328 e. The highest BCUT2D eigenvalue weighted by Crippen LogP contribution is 2.39. The number of hydrogen-bond acceptors (Lipinski definition) is 6. The maximum absolute atomic E-state index is 12.7. The number of carbonyl (C=O) groups is 3. The molecule has 0 spiro atoms. The Bertz CT molecular complexity index is 668. The van der Waals surface area contributed by atoms with E-state index in [0.29, 0.717) is 19.3 Å². The summed E-state index contributed by atoms with van der Waals surface area (Å²) in [5.74, 6) is -2.20. The summed E-state index contributed by atoms with van der Waals surface area (Å²) in [5, 5.41) is 0. The lowest BCUT2D eigenvalue weighted by Crippen LogP contribution is -2.45. The maximum Gasteiger partial charge on any atom is 0.328 e. The second kappa shape index (κ2) is 9.74. The highest BCUT2D eigenvalue weighted by Gasteiger charge is 2.52. The molecule has 156 valence electrons. The van der Waals surface area contributed by atoms with Crippen LogP contribution in [0, 0.1) is 16.7 Å². The lowest BCUT2D eigenvalue weighted by Gasteiger charge is -2.30. The minimum atomic E-state index is -1.64. The molecule has 0 bridgehead atoms. The molecule has 0 heterocycles. The van der Waals surface area contributed by atoms with Crippen molar-refractivity contribution in [1.82, 2.24) is 0 Å². The Hall–Kier alpha value is -2.33. The Balaban J connectivity index is 3.33. The number of hydrogen-bond donors (Lipinski definition) is 0. The standard InChI is InChI=1S/C22H32O6/c1-15(2)13-14-22(19(24)26-6,20(25)27-7)16-9-8-10-17(12-11-16)28-18(23)21(3,4)5/h11-12,14,16-17H,8-10H2,1-7H3/t16-,17+/m1/s1. The van der Waals surface area contributed by atoms with Gasteiger partial charge in [0.25, 0.3) is 0 Å². The van der Waals surface area contributed by atoms with Crippen molar-refractivity contribution < 1.29 is 28.6 Å². The van der Waals surface area contributed by atoms with Gasteiger partial charge in [0.05, 0.1) is 19.6 Å². The minimum Gasteiger partial charge on any atom is -0.468 e. The van der Waals surface area contributed by atoms with E-state index in [-0.39, 0.29) is 5.97 Å². The second-order valence-corrected chi connectivity index (χ2v) is 8.26. The van der Waals surface area contributed by atoms with Crippen LogP contribution in [-0.2, 0) is 28.6 Å². The molecule has 6 nitrogen and oxygen atoms in total. The summed E-state index contributed by atoms with van der Waals surface area (Å²) in [5.41, 5.74) is 1.54. The van der Waals surface area contributed by atoms with E-state index in [2.05, 4.69) is 5.73 Å². The van der Waals surface area contributed by atoms with Crippen molar-refractivity contribution in [3.63, 3.8) is 0 Å². The van der Waals surface area contributed by atoms with Crippen LogP contribution < -0.4 is 0 Å². The predicted octanol–water partition coefficient (Wildman–Crippen LogP) is 3.75. The summed E-state index contributed by atoms with van der Waals surface area (Å²) in [6.07, 6.45) is 6.35. The van der Waals surface area contributed by atoms with Gasteiger partial charge < -0.3 is 14.2 Å². The van der Waals surface area contributed by atoms with Crippen LogP contribution in [0.3, 0.4) is 0 Å². The molecular weight excluding hydrogens is 360 g/mol. The summed E-state index contributed by atoms with van der Waals surface area (Å²) < 4.78 is 15.5. The molecule has 0 aromatic heterocycles. The molecule has 0 radical (unpaired) electrons. The predicted molar refractivity (Wildman–Crippen MR) is 105 cm³/mol. The summed E-state index contributed by atoms with van der Waals surface area (Å²) in [7, 11) is 2.48. The zero-order chi connectivity index (χ0) is 21.5. The van der Waals surface area contributed by atoms with Gasteiger partial charge in [0.1, 0.15) is 6.10 Å². The topological polar surface area (TPSA) is 78.9 Å². The van der Waals surface area contributed by atoms with E-state index in [1.165, 1.54) is 20.3 Å². The molecule has 0 aromatic rings. The van der Waals surface area contributed by atoms with Gasteiger partial charge in [0, 0.05) is 5.92 Å². The summed E-state index contributed by atoms with van der Waals surface area (Å²) in [4.78, 5) is 37.6. The highest BCUT2D eigenvalue weighted by molar-refractivity contribution is 6.03. The van der Waals surface area contributed by atoms with Crippen LogP contribution >= 0.6 is 0 Å². The minimum absolute atomic E-state index is 0.294. The SMILES string of the molecule is COC(=O)C(C=C=C(C)C)(C(=O)OC)[C@H]1C=C[C@@H](OC(=O)C(C)(C)C)CCC1. The lowest BCUT2D eigenvalue weighted by atomic mass is 9.73. The lowest BCUT2D eigenvalue weighted by molar-refractivity contribution is -0.168. The van der Waals surface area contributed by atoms with Crippen LogP contribution in [0.1, 0.15) is 53.9 Å². The monoisotopic (exact) mass is 392 g/mol. The van der Waals surface area contributed by atoms with Crippen LogP contribution in [0.5, 0.6) is 0 Å². The zero-order valence-corrected chi connectivity index (χ0v) is 18.0. The molecule has 0 amide bonds. The van der Waals surface area contributed by atoms with Crippen LogP contribution in [0.4, 0.5) is 0 Å². The first-order valence-electron chi connectivity index (χ1n) is 9.46. The fourth-order valence-corrected chi connectivity index (χ4v) is 2.99. The van der Waals surface area contributed by atoms with E-state index >= 15 is 0 Å². The fraction of sp³-hybridized carbons (Fsp3) is 0.636. The van der Waals surface area contributed by atoms with E-state index in [9.17, 15) is 14.4 Å². The van der Waals surface area contributed by atoms with Gasteiger partial charge in [-0.3, -0.25) is 14.4 Å². The van der Waals surface area contributed by atoms with Crippen molar-refractivity contribution in [2.24, 2.45) is 16.7 Å². The van der Waals surface area contributed by atoms with Crippen molar-refractivity contribution in [1.29, 1.82) is 0 Å². The van der Waals surface area contributed by atoms with Crippen molar-refractivity contribution in [3.05, 3.63) is 29.5 Å². The summed E-state index contributed by atoms with van der Waals surface area (Å²) >= 11 is 0. The number of carbonyl (C=O) groups excluding carboxylic acids is 3. The molecule has 0 saturated carbocycles. The Morgan fingerprint density at radius 3 is 2.00 bits per heavy atom. The molecule has 2 atom stereocenters. The third-order valence-electron chi connectivity index (χ3n) is 4.65.